The third kappa shape index (κ3) is 5.91. The summed E-state index contributed by atoms with van der Waals surface area (Å²) in [5, 5.41) is 0. The van der Waals surface area contributed by atoms with Crippen LogP contribution in [0, 0.1) is 17.6 Å². The normalized spacial score (nSPS) is 19.4. The molecule has 0 atom stereocenters. The van der Waals surface area contributed by atoms with Crippen molar-refractivity contribution in [1.82, 2.24) is 0 Å². The SMILES string of the molecule is CCCCOC(=O)c1ccc(OC2CCC(CC(=O)OC)CC2)c(F)c1F. The molecule has 27 heavy (non-hydrogen) atoms. The van der Waals surface area contributed by atoms with Crippen LogP contribution in [0.3, 0.4) is 0 Å². The van der Waals surface area contributed by atoms with Crippen LogP contribution < -0.4 is 4.74 Å². The van der Waals surface area contributed by atoms with Gasteiger partial charge in [-0.3, -0.25) is 4.79 Å². The second-order valence-electron chi connectivity index (χ2n) is 6.77. The summed E-state index contributed by atoms with van der Waals surface area (Å²) in [4.78, 5) is 23.2. The summed E-state index contributed by atoms with van der Waals surface area (Å²) in [7, 11) is 1.36. The quantitative estimate of drug-likeness (QED) is 0.490. The van der Waals surface area contributed by atoms with Crippen molar-refractivity contribution in [2.45, 2.75) is 58.0 Å². The molecule has 1 saturated carbocycles. The van der Waals surface area contributed by atoms with Crippen molar-refractivity contribution in [3.63, 3.8) is 0 Å². The highest BCUT2D eigenvalue weighted by Crippen LogP contribution is 2.31. The lowest BCUT2D eigenvalue weighted by Crippen LogP contribution is -2.26. The Morgan fingerprint density at radius 3 is 2.44 bits per heavy atom. The van der Waals surface area contributed by atoms with Crippen LogP contribution in [0.4, 0.5) is 8.78 Å². The molecule has 1 fully saturated rings. The fraction of sp³-hybridized carbons (Fsp3) is 0.600. The van der Waals surface area contributed by atoms with Crippen molar-refractivity contribution >= 4 is 11.9 Å². The second kappa shape index (κ2) is 10.2. The van der Waals surface area contributed by atoms with Gasteiger partial charge in [-0.05, 0) is 50.2 Å². The Bertz CT molecular complexity index is 654. The highest BCUT2D eigenvalue weighted by atomic mass is 19.2. The van der Waals surface area contributed by atoms with Crippen LogP contribution in [0.1, 0.15) is 62.2 Å². The Hall–Kier alpha value is -2.18. The molecule has 150 valence electrons. The minimum Gasteiger partial charge on any atom is -0.487 e. The van der Waals surface area contributed by atoms with Crippen LogP contribution in [0.5, 0.6) is 5.75 Å². The molecule has 7 heteroatoms. The van der Waals surface area contributed by atoms with Crippen LogP contribution in [0.15, 0.2) is 12.1 Å². The van der Waals surface area contributed by atoms with Crippen molar-refractivity contribution in [3.05, 3.63) is 29.3 Å². The van der Waals surface area contributed by atoms with Gasteiger partial charge in [0.1, 0.15) is 0 Å². The zero-order valence-electron chi connectivity index (χ0n) is 15.8. The van der Waals surface area contributed by atoms with Gasteiger partial charge in [-0.25, -0.2) is 9.18 Å². The number of rotatable bonds is 8. The number of halogens is 2. The summed E-state index contributed by atoms with van der Waals surface area (Å²) in [6.45, 7) is 2.10. The van der Waals surface area contributed by atoms with E-state index in [0.717, 1.165) is 19.3 Å². The first kappa shape index (κ1) is 21.1. The zero-order valence-corrected chi connectivity index (χ0v) is 15.8. The van der Waals surface area contributed by atoms with Crippen molar-refractivity contribution in [2.24, 2.45) is 5.92 Å². The molecule has 0 heterocycles. The molecule has 5 nitrogen and oxygen atoms in total. The molecule has 1 aromatic carbocycles. The van der Waals surface area contributed by atoms with E-state index >= 15 is 0 Å². The topological polar surface area (TPSA) is 61.8 Å². The lowest BCUT2D eigenvalue weighted by molar-refractivity contribution is -0.142. The summed E-state index contributed by atoms with van der Waals surface area (Å²) in [5.74, 6) is -3.55. The van der Waals surface area contributed by atoms with E-state index in [-0.39, 0.29) is 30.3 Å². The van der Waals surface area contributed by atoms with E-state index in [1.54, 1.807) is 0 Å². The third-order valence-corrected chi connectivity index (χ3v) is 4.77. The number of hydrogen-bond acceptors (Lipinski definition) is 5. The first-order chi connectivity index (χ1) is 13.0. The maximum absolute atomic E-state index is 14.3. The molecule has 0 N–H and O–H groups in total. The standard InChI is InChI=1S/C20H26F2O5/c1-3-4-11-26-20(24)15-9-10-16(19(22)18(15)21)27-14-7-5-13(6-8-14)12-17(23)25-2/h9-10,13-14H,3-8,11-12H2,1-2H3. The molecule has 0 bridgehead atoms. The Labute approximate surface area is 158 Å². The highest BCUT2D eigenvalue weighted by Gasteiger charge is 2.27. The number of esters is 2. The minimum absolute atomic E-state index is 0.170. The van der Waals surface area contributed by atoms with Crippen LogP contribution in [0.2, 0.25) is 0 Å². The molecule has 1 aromatic rings. The van der Waals surface area contributed by atoms with Gasteiger partial charge in [0.2, 0.25) is 5.82 Å². The molecule has 0 amide bonds. The van der Waals surface area contributed by atoms with E-state index in [9.17, 15) is 18.4 Å². The summed E-state index contributed by atoms with van der Waals surface area (Å²) < 4.78 is 43.7. The van der Waals surface area contributed by atoms with Crippen molar-refractivity contribution < 1.29 is 32.6 Å². The van der Waals surface area contributed by atoms with Gasteiger partial charge in [0.25, 0.3) is 0 Å². The predicted octanol–water partition coefficient (Wildman–Crippen LogP) is 4.42. The highest BCUT2D eigenvalue weighted by molar-refractivity contribution is 5.89. The Kier molecular flexibility index (Phi) is 8.00. The smallest absolute Gasteiger partial charge is 0.341 e. The molecule has 1 aliphatic carbocycles. The Morgan fingerprint density at radius 2 is 1.81 bits per heavy atom. The van der Waals surface area contributed by atoms with E-state index in [1.807, 2.05) is 6.92 Å². The van der Waals surface area contributed by atoms with Crippen LogP contribution in [-0.4, -0.2) is 31.8 Å². The molecular formula is C20H26F2O5. The maximum atomic E-state index is 14.3. The maximum Gasteiger partial charge on any atom is 0.341 e. The molecule has 2 rings (SSSR count). The van der Waals surface area contributed by atoms with E-state index in [2.05, 4.69) is 4.74 Å². The predicted molar refractivity (Wildman–Crippen MR) is 94.6 cm³/mol. The number of hydrogen-bond donors (Lipinski definition) is 0. The van der Waals surface area contributed by atoms with Crippen molar-refractivity contribution in [1.29, 1.82) is 0 Å². The molecule has 0 unspecified atom stereocenters. The minimum atomic E-state index is -1.26. The monoisotopic (exact) mass is 384 g/mol. The van der Waals surface area contributed by atoms with E-state index in [4.69, 9.17) is 9.47 Å². The van der Waals surface area contributed by atoms with Gasteiger partial charge in [0, 0.05) is 6.42 Å². The van der Waals surface area contributed by atoms with Crippen LogP contribution in [-0.2, 0) is 14.3 Å². The Balaban J connectivity index is 1.93. The summed E-state index contributed by atoms with van der Waals surface area (Å²) in [6, 6.07) is 2.44. The molecule has 0 aliphatic heterocycles. The largest absolute Gasteiger partial charge is 0.487 e. The first-order valence-corrected chi connectivity index (χ1v) is 9.34. The molecule has 0 saturated heterocycles. The number of benzene rings is 1. The number of carbonyl (C=O) groups excluding carboxylic acids is 2. The van der Waals surface area contributed by atoms with Gasteiger partial charge >= 0.3 is 11.9 Å². The van der Waals surface area contributed by atoms with Gasteiger partial charge in [0.15, 0.2) is 11.6 Å². The number of methoxy groups -OCH3 is 1. The van der Waals surface area contributed by atoms with Crippen molar-refractivity contribution in [2.75, 3.05) is 13.7 Å². The Morgan fingerprint density at radius 1 is 1.11 bits per heavy atom. The second-order valence-corrected chi connectivity index (χ2v) is 6.77. The zero-order chi connectivity index (χ0) is 19.8. The number of carbonyl (C=O) groups is 2. The average molecular weight is 384 g/mol. The van der Waals surface area contributed by atoms with E-state index in [0.29, 0.717) is 25.7 Å². The van der Waals surface area contributed by atoms with Gasteiger partial charge < -0.3 is 14.2 Å². The molecule has 1 aliphatic rings. The summed E-state index contributed by atoms with van der Waals surface area (Å²) in [6.07, 6.45) is 4.40. The molecule has 0 spiro atoms. The first-order valence-electron chi connectivity index (χ1n) is 9.34. The van der Waals surface area contributed by atoms with Crippen LogP contribution >= 0.6 is 0 Å². The van der Waals surface area contributed by atoms with Crippen molar-refractivity contribution in [3.8, 4) is 5.75 Å². The lowest BCUT2D eigenvalue weighted by atomic mass is 9.85. The van der Waals surface area contributed by atoms with Gasteiger partial charge in [-0.1, -0.05) is 13.3 Å². The average Bonchev–Trinajstić information content (AvgIpc) is 2.67. The molecular weight excluding hydrogens is 358 g/mol. The van der Waals surface area contributed by atoms with Gasteiger partial charge in [-0.2, -0.15) is 4.39 Å². The van der Waals surface area contributed by atoms with E-state index in [1.165, 1.54) is 19.2 Å². The fourth-order valence-corrected chi connectivity index (χ4v) is 3.12. The number of unbranched alkanes of at least 4 members (excludes halogenated alkanes) is 1. The lowest BCUT2D eigenvalue weighted by Gasteiger charge is -2.28. The summed E-state index contributed by atoms with van der Waals surface area (Å²) in [5.41, 5.74) is -0.433. The van der Waals surface area contributed by atoms with Crippen LogP contribution in [0.25, 0.3) is 0 Å². The number of ether oxygens (including phenoxy) is 3. The fourth-order valence-electron chi connectivity index (χ4n) is 3.12. The third-order valence-electron chi connectivity index (χ3n) is 4.77. The van der Waals surface area contributed by atoms with Gasteiger partial charge in [-0.15, -0.1) is 0 Å². The summed E-state index contributed by atoms with van der Waals surface area (Å²) >= 11 is 0. The van der Waals surface area contributed by atoms with Gasteiger partial charge in [0.05, 0.1) is 25.4 Å². The molecule has 0 radical (unpaired) electrons. The molecule has 0 aromatic heterocycles. The van der Waals surface area contributed by atoms with E-state index < -0.39 is 23.2 Å².